The molecule has 0 saturated heterocycles. The molecule has 1 unspecified atom stereocenters. The van der Waals surface area contributed by atoms with E-state index >= 15 is 0 Å². The molecule has 0 saturated carbocycles. The molecule has 0 aliphatic carbocycles. The second kappa shape index (κ2) is 3.37. The molecule has 0 aliphatic rings. The Kier molecular flexibility index (Phi) is 2.60. The lowest BCUT2D eigenvalue weighted by Crippen LogP contribution is -2.04. The number of nitrogens with one attached hydrogen (secondary N) is 1. The molecule has 1 N–H and O–H groups in total. The lowest BCUT2D eigenvalue weighted by molar-refractivity contribution is -0.141. The maximum absolute atomic E-state index is 12.0. The maximum Gasteiger partial charge on any atom is 0.435 e. The van der Waals surface area contributed by atoms with Crippen LogP contribution in [0.2, 0.25) is 0 Å². The number of aromatic amines is 1. The number of H-pyrrole nitrogens is 1. The van der Waals surface area contributed by atoms with Gasteiger partial charge in [-0.3, -0.25) is 5.10 Å². The summed E-state index contributed by atoms with van der Waals surface area (Å²) in [6, 6.07) is 0.939. The highest BCUT2D eigenvalue weighted by Crippen LogP contribution is 2.29. The second-order valence-corrected chi connectivity index (χ2v) is 2.58. The number of rotatable bonds is 2. The predicted molar refractivity (Wildman–Crippen MR) is 39.0 cm³/mol. The highest BCUT2D eigenvalue weighted by molar-refractivity contribution is 5.13. The van der Waals surface area contributed by atoms with Crippen molar-refractivity contribution in [2.75, 3.05) is 7.11 Å². The highest BCUT2D eigenvalue weighted by atomic mass is 19.4. The van der Waals surface area contributed by atoms with Crippen LogP contribution in [0.5, 0.6) is 0 Å². The molecule has 1 rings (SSSR count). The normalized spacial score (nSPS) is 14.5. The van der Waals surface area contributed by atoms with Crippen LogP contribution in [0, 0.1) is 0 Å². The highest BCUT2D eigenvalue weighted by Gasteiger charge is 2.34. The topological polar surface area (TPSA) is 37.9 Å². The predicted octanol–water partition coefficient (Wildman–Crippen LogP) is 2.14. The molecule has 0 aromatic carbocycles. The van der Waals surface area contributed by atoms with Gasteiger partial charge in [-0.1, -0.05) is 0 Å². The van der Waals surface area contributed by atoms with Gasteiger partial charge in [0.15, 0.2) is 5.69 Å². The summed E-state index contributed by atoms with van der Waals surface area (Å²) in [5.74, 6) is 0. The van der Waals surface area contributed by atoms with Gasteiger partial charge in [-0.05, 0) is 13.0 Å². The van der Waals surface area contributed by atoms with Crippen molar-refractivity contribution in [1.82, 2.24) is 10.2 Å². The maximum atomic E-state index is 12.0. The van der Waals surface area contributed by atoms with E-state index in [1.165, 1.54) is 7.11 Å². The van der Waals surface area contributed by atoms with Crippen LogP contribution < -0.4 is 0 Å². The molecular formula is C7H9F3N2O. The fourth-order valence-electron chi connectivity index (χ4n) is 0.817. The van der Waals surface area contributed by atoms with E-state index in [0.717, 1.165) is 6.07 Å². The lowest BCUT2D eigenvalue weighted by atomic mass is 10.2. The minimum Gasteiger partial charge on any atom is -0.375 e. The molecule has 74 valence electrons. The number of hydrogen-bond acceptors (Lipinski definition) is 2. The molecule has 1 aromatic rings. The Bertz CT molecular complexity index is 282. The summed E-state index contributed by atoms with van der Waals surface area (Å²) < 4.78 is 41.0. The van der Waals surface area contributed by atoms with Gasteiger partial charge < -0.3 is 4.74 Å². The smallest absolute Gasteiger partial charge is 0.375 e. The molecule has 1 atom stereocenters. The molecule has 1 heterocycles. The Balaban J connectivity index is 2.87. The zero-order valence-electron chi connectivity index (χ0n) is 7.14. The minimum atomic E-state index is -4.40. The van der Waals surface area contributed by atoms with Gasteiger partial charge in [-0.15, -0.1) is 0 Å². The first-order chi connectivity index (χ1) is 5.95. The Hall–Kier alpha value is -1.04. The Labute approximate surface area is 72.9 Å². The van der Waals surface area contributed by atoms with Gasteiger partial charge in [0.05, 0.1) is 11.8 Å². The van der Waals surface area contributed by atoms with Crippen molar-refractivity contribution < 1.29 is 17.9 Å². The summed E-state index contributed by atoms with van der Waals surface area (Å²) in [4.78, 5) is 0. The van der Waals surface area contributed by atoms with Crippen LogP contribution in [0.15, 0.2) is 6.07 Å². The summed E-state index contributed by atoms with van der Waals surface area (Å²) in [6.45, 7) is 1.63. The fourth-order valence-corrected chi connectivity index (χ4v) is 0.817. The van der Waals surface area contributed by atoms with E-state index in [1.807, 2.05) is 0 Å². The average molecular weight is 194 g/mol. The molecule has 3 nitrogen and oxygen atoms in total. The zero-order chi connectivity index (χ0) is 10.1. The van der Waals surface area contributed by atoms with Crippen LogP contribution in [-0.2, 0) is 10.9 Å². The van der Waals surface area contributed by atoms with Crippen molar-refractivity contribution in [3.63, 3.8) is 0 Å². The number of hydrogen-bond donors (Lipinski definition) is 1. The van der Waals surface area contributed by atoms with Crippen molar-refractivity contribution in [1.29, 1.82) is 0 Å². The van der Waals surface area contributed by atoms with Gasteiger partial charge in [-0.2, -0.15) is 18.3 Å². The van der Waals surface area contributed by atoms with Crippen LogP contribution in [0.3, 0.4) is 0 Å². The summed E-state index contributed by atoms with van der Waals surface area (Å²) in [5, 5.41) is 5.39. The van der Waals surface area contributed by atoms with E-state index in [2.05, 4.69) is 10.2 Å². The second-order valence-electron chi connectivity index (χ2n) is 2.58. The zero-order valence-corrected chi connectivity index (χ0v) is 7.14. The third kappa shape index (κ3) is 2.21. The Morgan fingerprint density at radius 3 is 2.54 bits per heavy atom. The average Bonchev–Trinajstić information content (AvgIpc) is 2.50. The van der Waals surface area contributed by atoms with E-state index in [9.17, 15) is 13.2 Å². The SMILES string of the molecule is COC(C)c1cc(C(F)(F)F)n[nH]1. The van der Waals surface area contributed by atoms with E-state index in [1.54, 1.807) is 6.92 Å². The molecule has 1 aromatic heterocycles. The molecule has 13 heavy (non-hydrogen) atoms. The van der Waals surface area contributed by atoms with Crippen LogP contribution in [0.4, 0.5) is 13.2 Å². The molecule has 0 aliphatic heterocycles. The summed E-state index contributed by atoms with van der Waals surface area (Å²) in [7, 11) is 1.42. The fraction of sp³-hybridized carbons (Fsp3) is 0.571. The number of alkyl halides is 3. The van der Waals surface area contributed by atoms with Crippen LogP contribution in [-0.4, -0.2) is 17.3 Å². The van der Waals surface area contributed by atoms with Gasteiger partial charge in [0.2, 0.25) is 0 Å². The van der Waals surface area contributed by atoms with Crippen LogP contribution >= 0.6 is 0 Å². The number of methoxy groups -OCH3 is 1. The van der Waals surface area contributed by atoms with E-state index in [4.69, 9.17) is 4.74 Å². The third-order valence-electron chi connectivity index (χ3n) is 1.68. The van der Waals surface area contributed by atoms with E-state index < -0.39 is 18.0 Å². The molecule has 0 spiro atoms. The number of ether oxygens (including phenoxy) is 1. The molecule has 6 heteroatoms. The number of halogens is 3. The van der Waals surface area contributed by atoms with Gasteiger partial charge >= 0.3 is 6.18 Å². The number of aromatic nitrogens is 2. The molecular weight excluding hydrogens is 185 g/mol. The largest absolute Gasteiger partial charge is 0.435 e. The van der Waals surface area contributed by atoms with Crippen molar-refractivity contribution in [3.05, 3.63) is 17.5 Å². The quantitative estimate of drug-likeness (QED) is 0.783. The van der Waals surface area contributed by atoms with E-state index in [-0.39, 0.29) is 0 Å². The third-order valence-corrected chi connectivity index (χ3v) is 1.68. The first-order valence-electron chi connectivity index (χ1n) is 3.60. The molecule has 0 radical (unpaired) electrons. The monoisotopic (exact) mass is 194 g/mol. The molecule has 0 amide bonds. The van der Waals surface area contributed by atoms with Crippen molar-refractivity contribution in [3.8, 4) is 0 Å². The summed E-state index contributed by atoms with van der Waals surface area (Å²) >= 11 is 0. The van der Waals surface area contributed by atoms with Gasteiger partial charge in [0.1, 0.15) is 0 Å². The van der Waals surface area contributed by atoms with Crippen LogP contribution in [0.25, 0.3) is 0 Å². The minimum absolute atomic E-state index is 0.315. The van der Waals surface area contributed by atoms with Gasteiger partial charge in [0, 0.05) is 7.11 Å². The van der Waals surface area contributed by atoms with Crippen molar-refractivity contribution in [2.24, 2.45) is 0 Å². The summed E-state index contributed by atoms with van der Waals surface area (Å²) in [6.07, 6.45) is -4.81. The standard InChI is InChI=1S/C7H9F3N2O/c1-4(13-2)5-3-6(12-11-5)7(8,9)10/h3-4H,1-2H3,(H,11,12). The van der Waals surface area contributed by atoms with Crippen molar-refractivity contribution >= 4 is 0 Å². The first-order valence-corrected chi connectivity index (χ1v) is 3.60. The van der Waals surface area contributed by atoms with Gasteiger partial charge in [0.25, 0.3) is 0 Å². The molecule has 0 bridgehead atoms. The van der Waals surface area contributed by atoms with Crippen LogP contribution in [0.1, 0.15) is 24.4 Å². The Morgan fingerprint density at radius 1 is 1.54 bits per heavy atom. The van der Waals surface area contributed by atoms with Crippen molar-refractivity contribution in [2.45, 2.75) is 19.2 Å². The first kappa shape index (κ1) is 10.0. The van der Waals surface area contributed by atoms with E-state index in [0.29, 0.717) is 5.69 Å². The van der Waals surface area contributed by atoms with Gasteiger partial charge in [-0.25, -0.2) is 0 Å². The summed E-state index contributed by atoms with van der Waals surface area (Å²) in [5.41, 5.74) is -0.610. The molecule has 0 fully saturated rings. The lowest BCUT2D eigenvalue weighted by Gasteiger charge is -2.04. The number of nitrogens with zero attached hydrogens (tertiary/aromatic N) is 1. The Morgan fingerprint density at radius 2 is 2.15 bits per heavy atom.